The number of ether oxygens (including phenoxy) is 1. The van der Waals surface area contributed by atoms with Crippen LogP contribution in [0.1, 0.15) is 23.7 Å². The van der Waals surface area contributed by atoms with E-state index >= 15 is 0 Å². The molecule has 0 aliphatic carbocycles. The summed E-state index contributed by atoms with van der Waals surface area (Å²) in [4.78, 5) is 20.3. The van der Waals surface area contributed by atoms with Crippen LogP contribution in [0.15, 0.2) is 36.7 Å². The lowest BCUT2D eigenvalue weighted by molar-refractivity contribution is -0.115. The molecule has 0 fully saturated rings. The van der Waals surface area contributed by atoms with E-state index in [-0.39, 0.29) is 22.7 Å². The second-order valence-corrected chi connectivity index (χ2v) is 7.76. The molecule has 1 aromatic carbocycles. The molecule has 0 aliphatic heterocycles. The van der Waals surface area contributed by atoms with Gasteiger partial charge in [0, 0.05) is 40.9 Å². The lowest BCUT2D eigenvalue weighted by Crippen LogP contribution is -2.17. The van der Waals surface area contributed by atoms with E-state index in [4.69, 9.17) is 4.74 Å². The zero-order valence-corrected chi connectivity index (χ0v) is 18.3. The van der Waals surface area contributed by atoms with Gasteiger partial charge in [0.15, 0.2) is 5.65 Å². The van der Waals surface area contributed by atoms with Crippen molar-refractivity contribution in [2.45, 2.75) is 26.2 Å². The number of alkyl halides is 2. The third-order valence-corrected chi connectivity index (χ3v) is 5.20. The molecule has 2 N–H and O–H groups in total. The summed E-state index contributed by atoms with van der Waals surface area (Å²) in [5.41, 5.74) is 0.757. The van der Waals surface area contributed by atoms with Gasteiger partial charge >= 0.3 is 0 Å². The van der Waals surface area contributed by atoms with Crippen LogP contribution in [-0.2, 0) is 17.1 Å². The number of halogens is 4. The summed E-state index contributed by atoms with van der Waals surface area (Å²) in [6.07, 6.45) is 1.99. The van der Waals surface area contributed by atoms with E-state index in [0.29, 0.717) is 23.5 Å². The summed E-state index contributed by atoms with van der Waals surface area (Å²) in [5, 5.41) is 9.82. The van der Waals surface area contributed by atoms with Crippen molar-refractivity contribution in [3.05, 3.63) is 65.1 Å². The molecule has 0 unspecified atom stereocenters. The number of carbonyl (C=O) groups excluding carboxylic acids is 1. The van der Waals surface area contributed by atoms with E-state index in [1.54, 1.807) is 13.0 Å². The highest BCUT2D eigenvalue weighted by Crippen LogP contribution is 2.34. The predicted octanol–water partition coefficient (Wildman–Crippen LogP) is 4.91. The van der Waals surface area contributed by atoms with Crippen molar-refractivity contribution in [2.75, 3.05) is 12.4 Å². The number of carbonyl (C=O) groups is 1. The maximum atomic E-state index is 14.8. The molecule has 0 aliphatic rings. The smallest absolute Gasteiger partial charge is 0.275 e. The third-order valence-electron chi connectivity index (χ3n) is 5.20. The lowest BCUT2D eigenvalue weighted by atomic mass is 10.0. The predicted molar refractivity (Wildman–Crippen MR) is 117 cm³/mol. The van der Waals surface area contributed by atoms with Crippen LogP contribution in [0.25, 0.3) is 22.2 Å². The number of nitrogens with zero attached hydrogens (tertiary/aromatic N) is 3. The molecule has 0 radical (unpaired) electrons. The molecule has 0 bridgehead atoms. The average molecular weight is 473 g/mol. The Kier molecular flexibility index (Phi) is 5.94. The first kappa shape index (κ1) is 23.1. The summed E-state index contributed by atoms with van der Waals surface area (Å²) in [6.45, 7) is 2.45. The fourth-order valence-electron chi connectivity index (χ4n) is 3.49. The van der Waals surface area contributed by atoms with Crippen LogP contribution in [0.3, 0.4) is 0 Å². The first-order valence-corrected chi connectivity index (χ1v) is 10.1. The third kappa shape index (κ3) is 4.54. The summed E-state index contributed by atoms with van der Waals surface area (Å²) in [7, 11) is 1.20. The quantitative estimate of drug-likeness (QED) is 0.389. The zero-order valence-electron chi connectivity index (χ0n) is 18.3. The number of benzene rings is 1. The molecule has 4 aromatic rings. The largest absolute Gasteiger partial charge is 0.481 e. The van der Waals surface area contributed by atoms with Crippen molar-refractivity contribution in [3.8, 4) is 17.0 Å². The van der Waals surface area contributed by atoms with Crippen LogP contribution in [-0.4, -0.2) is 33.2 Å². The molecule has 1 amide bonds. The van der Waals surface area contributed by atoms with E-state index in [1.807, 2.05) is 0 Å². The summed E-state index contributed by atoms with van der Waals surface area (Å²) in [6, 6.07) is 4.57. The Hall–Kier alpha value is -4.02. The van der Waals surface area contributed by atoms with E-state index in [2.05, 4.69) is 25.5 Å². The van der Waals surface area contributed by atoms with Gasteiger partial charge in [-0.2, -0.15) is 5.10 Å². The van der Waals surface area contributed by atoms with Crippen molar-refractivity contribution in [3.63, 3.8) is 0 Å². The van der Waals surface area contributed by atoms with Gasteiger partial charge in [-0.3, -0.25) is 9.89 Å². The molecule has 176 valence electrons. The number of aromatic nitrogens is 4. The van der Waals surface area contributed by atoms with Crippen LogP contribution in [0.4, 0.5) is 23.2 Å². The number of methoxy groups -OCH3 is 1. The molecule has 0 atom stereocenters. The average Bonchev–Trinajstić information content (AvgIpc) is 3.15. The number of aromatic amines is 1. The summed E-state index contributed by atoms with van der Waals surface area (Å²) >= 11 is 0. The van der Waals surface area contributed by atoms with Crippen molar-refractivity contribution >= 4 is 22.6 Å². The van der Waals surface area contributed by atoms with Crippen LogP contribution in [0, 0.1) is 18.6 Å². The fourth-order valence-corrected chi connectivity index (χ4v) is 3.49. The highest BCUT2D eigenvalue weighted by molar-refractivity contribution is 5.92. The van der Waals surface area contributed by atoms with Crippen molar-refractivity contribution < 1.29 is 27.1 Å². The van der Waals surface area contributed by atoms with Gasteiger partial charge in [-0.05, 0) is 31.2 Å². The molecule has 11 heteroatoms. The van der Waals surface area contributed by atoms with Crippen molar-refractivity contribution in [1.29, 1.82) is 0 Å². The van der Waals surface area contributed by atoms with Crippen molar-refractivity contribution in [1.82, 2.24) is 20.2 Å². The summed E-state index contributed by atoms with van der Waals surface area (Å²) in [5.74, 6) is -5.83. The maximum Gasteiger partial charge on any atom is 0.275 e. The van der Waals surface area contributed by atoms with Gasteiger partial charge in [-0.25, -0.2) is 27.5 Å². The number of fused-ring (bicyclic) bond motifs is 1. The minimum Gasteiger partial charge on any atom is -0.481 e. The number of amides is 1. The number of hydrogen-bond donors (Lipinski definition) is 2. The standard InChI is InChI=1S/C23H19F4N5O2/c1-11-15-4-13(9-28-21(15)32-31-11)16-8-18(24)12(5-19(16)25)6-20(33)30-14-7-17(23(2,26)27)22(34-3)29-10-14/h4-5,7-10H,6H2,1-3H3,(H,30,33)(H,28,31,32). The Balaban J connectivity index is 1.56. The van der Waals surface area contributed by atoms with Gasteiger partial charge in [0.2, 0.25) is 11.8 Å². The molecule has 3 aromatic heterocycles. The molecule has 7 nitrogen and oxygen atoms in total. The number of rotatable bonds is 6. The SMILES string of the molecule is COc1ncc(NC(=O)Cc2cc(F)c(-c3cnc4n[nH]c(C)c4c3)cc2F)cc1C(C)(F)F. The Labute approximate surface area is 191 Å². The number of anilines is 1. The highest BCUT2D eigenvalue weighted by Gasteiger charge is 2.30. The van der Waals surface area contributed by atoms with E-state index in [9.17, 15) is 22.4 Å². The van der Waals surface area contributed by atoms with Crippen LogP contribution >= 0.6 is 0 Å². The van der Waals surface area contributed by atoms with Gasteiger partial charge < -0.3 is 10.1 Å². The number of pyridine rings is 2. The van der Waals surface area contributed by atoms with E-state index in [1.165, 1.54) is 13.3 Å². The van der Waals surface area contributed by atoms with Gasteiger partial charge in [0.05, 0.1) is 31.0 Å². The first-order valence-electron chi connectivity index (χ1n) is 10.1. The minimum atomic E-state index is -3.27. The van der Waals surface area contributed by atoms with E-state index in [0.717, 1.165) is 30.1 Å². The highest BCUT2D eigenvalue weighted by atomic mass is 19.3. The minimum absolute atomic E-state index is 0.0224. The van der Waals surface area contributed by atoms with Gasteiger partial charge in [0.25, 0.3) is 5.92 Å². The second kappa shape index (κ2) is 8.73. The maximum absolute atomic E-state index is 14.8. The Morgan fingerprint density at radius 2 is 1.88 bits per heavy atom. The first-order chi connectivity index (χ1) is 16.1. The number of hydrogen-bond acceptors (Lipinski definition) is 5. The molecule has 0 saturated heterocycles. The Morgan fingerprint density at radius 1 is 1.12 bits per heavy atom. The van der Waals surface area contributed by atoms with Crippen LogP contribution in [0.2, 0.25) is 0 Å². The molecular weight excluding hydrogens is 454 g/mol. The molecular formula is C23H19F4N5O2. The zero-order chi connectivity index (χ0) is 24.6. The fraction of sp³-hybridized carbons (Fsp3) is 0.217. The second-order valence-electron chi connectivity index (χ2n) is 7.76. The normalized spacial score (nSPS) is 11.6. The Morgan fingerprint density at radius 3 is 2.59 bits per heavy atom. The topological polar surface area (TPSA) is 92.8 Å². The molecule has 34 heavy (non-hydrogen) atoms. The number of aryl methyl sites for hydroxylation is 1. The van der Waals surface area contributed by atoms with Crippen LogP contribution in [0.5, 0.6) is 5.88 Å². The Bertz CT molecular complexity index is 1400. The van der Waals surface area contributed by atoms with Crippen molar-refractivity contribution in [2.24, 2.45) is 0 Å². The van der Waals surface area contributed by atoms with Gasteiger partial charge in [0.1, 0.15) is 11.6 Å². The molecule has 3 heterocycles. The van der Waals surface area contributed by atoms with Gasteiger partial charge in [-0.15, -0.1) is 0 Å². The molecule has 0 saturated carbocycles. The molecule has 0 spiro atoms. The van der Waals surface area contributed by atoms with E-state index < -0.39 is 35.4 Å². The molecule has 4 rings (SSSR count). The number of nitrogens with one attached hydrogen (secondary N) is 2. The number of H-pyrrole nitrogens is 1. The summed E-state index contributed by atoms with van der Waals surface area (Å²) < 4.78 is 62.0. The monoisotopic (exact) mass is 473 g/mol. The lowest BCUT2D eigenvalue weighted by Gasteiger charge is -2.15. The van der Waals surface area contributed by atoms with Crippen LogP contribution < -0.4 is 10.1 Å². The van der Waals surface area contributed by atoms with Gasteiger partial charge in [-0.1, -0.05) is 0 Å².